The summed E-state index contributed by atoms with van der Waals surface area (Å²) < 4.78 is 5.07. The van der Waals surface area contributed by atoms with Crippen LogP contribution in [-0.4, -0.2) is 30.1 Å². The Hall–Kier alpha value is -1.68. The topological polar surface area (TPSA) is 63.6 Å². The molecule has 1 aliphatic carbocycles. The molecule has 0 aromatic heterocycles. The van der Waals surface area contributed by atoms with Gasteiger partial charge in [-0.1, -0.05) is 24.3 Å². The van der Waals surface area contributed by atoms with Crippen molar-refractivity contribution in [3.8, 4) is 0 Å². The highest BCUT2D eigenvalue weighted by Crippen LogP contribution is 2.53. The zero-order chi connectivity index (χ0) is 18.3. The van der Waals surface area contributed by atoms with Crippen molar-refractivity contribution in [3.05, 3.63) is 35.4 Å². The number of aliphatic hydroxyl groups is 1. The van der Waals surface area contributed by atoms with Gasteiger partial charge in [0.1, 0.15) is 0 Å². The van der Waals surface area contributed by atoms with Gasteiger partial charge in [-0.2, -0.15) is 0 Å². The van der Waals surface area contributed by atoms with Crippen LogP contribution in [0, 0.1) is 11.3 Å². The largest absolute Gasteiger partial charge is 0.466 e. The number of hydrogen-bond acceptors (Lipinski definition) is 4. The molecule has 0 saturated heterocycles. The van der Waals surface area contributed by atoms with Crippen LogP contribution < -0.4 is 0 Å². The number of rotatable bonds is 11. The number of aryl methyl sites for hydroxylation is 1. The van der Waals surface area contributed by atoms with Gasteiger partial charge < -0.3 is 9.84 Å². The second-order valence-corrected chi connectivity index (χ2v) is 7.36. The van der Waals surface area contributed by atoms with Crippen molar-refractivity contribution in [1.29, 1.82) is 0 Å². The number of aliphatic hydroxyl groups excluding tert-OH is 1. The SMILES string of the molecule is CCOC(=O)CC1(CCC(CO)CCc2ccc(C(C)=O)cc2)CC1. The highest BCUT2D eigenvalue weighted by Gasteiger charge is 2.44. The Labute approximate surface area is 150 Å². The van der Waals surface area contributed by atoms with Crippen LogP contribution in [0.4, 0.5) is 0 Å². The molecule has 0 amide bonds. The van der Waals surface area contributed by atoms with Gasteiger partial charge >= 0.3 is 5.97 Å². The standard InChI is InChI=1S/C21H30O4/c1-3-25-20(24)14-21(12-13-21)11-10-18(15-22)5-4-17-6-8-19(9-7-17)16(2)23/h6-9,18,22H,3-5,10-15H2,1-2H3. The summed E-state index contributed by atoms with van der Waals surface area (Å²) in [4.78, 5) is 23.0. The second-order valence-electron chi connectivity index (χ2n) is 7.36. The summed E-state index contributed by atoms with van der Waals surface area (Å²) in [6, 6.07) is 7.72. The number of carbonyl (C=O) groups excluding carboxylic acids is 2. The van der Waals surface area contributed by atoms with E-state index in [0.717, 1.165) is 44.1 Å². The molecule has 138 valence electrons. The normalized spacial score (nSPS) is 16.3. The maximum absolute atomic E-state index is 11.7. The number of benzene rings is 1. The number of ketones is 1. The van der Waals surface area contributed by atoms with Crippen LogP contribution in [0.1, 0.15) is 68.3 Å². The molecule has 1 N–H and O–H groups in total. The molecule has 1 aromatic carbocycles. The number of Topliss-reactive ketones (excluding diaryl/α,β-unsaturated/α-hetero) is 1. The number of carbonyl (C=O) groups is 2. The molecule has 1 unspecified atom stereocenters. The van der Waals surface area contributed by atoms with Crippen LogP contribution in [0.2, 0.25) is 0 Å². The van der Waals surface area contributed by atoms with Gasteiger partial charge in [-0.3, -0.25) is 9.59 Å². The Morgan fingerprint density at radius 3 is 2.40 bits per heavy atom. The van der Waals surface area contributed by atoms with Crippen molar-refractivity contribution in [1.82, 2.24) is 0 Å². The summed E-state index contributed by atoms with van der Waals surface area (Å²) in [5.74, 6) is 0.245. The Morgan fingerprint density at radius 2 is 1.88 bits per heavy atom. The lowest BCUT2D eigenvalue weighted by Gasteiger charge is -2.19. The fourth-order valence-corrected chi connectivity index (χ4v) is 3.32. The molecule has 1 fully saturated rings. The van der Waals surface area contributed by atoms with Gasteiger partial charge in [0.05, 0.1) is 13.0 Å². The van der Waals surface area contributed by atoms with Crippen LogP contribution in [0.5, 0.6) is 0 Å². The summed E-state index contributed by atoms with van der Waals surface area (Å²) >= 11 is 0. The monoisotopic (exact) mass is 346 g/mol. The summed E-state index contributed by atoms with van der Waals surface area (Å²) in [6.45, 7) is 4.03. The van der Waals surface area contributed by atoms with Crippen molar-refractivity contribution in [3.63, 3.8) is 0 Å². The quantitative estimate of drug-likeness (QED) is 0.487. The molecule has 0 spiro atoms. The van der Waals surface area contributed by atoms with E-state index in [1.54, 1.807) is 6.92 Å². The summed E-state index contributed by atoms with van der Waals surface area (Å²) in [7, 11) is 0. The van der Waals surface area contributed by atoms with E-state index in [9.17, 15) is 14.7 Å². The van der Waals surface area contributed by atoms with Gasteiger partial charge in [0.25, 0.3) is 0 Å². The van der Waals surface area contributed by atoms with E-state index < -0.39 is 0 Å². The first-order valence-corrected chi connectivity index (χ1v) is 9.34. The zero-order valence-electron chi connectivity index (χ0n) is 15.4. The van der Waals surface area contributed by atoms with E-state index in [4.69, 9.17) is 4.74 Å². The number of ether oxygens (including phenoxy) is 1. The fourth-order valence-electron chi connectivity index (χ4n) is 3.32. The van der Waals surface area contributed by atoms with E-state index in [1.165, 1.54) is 5.56 Å². The van der Waals surface area contributed by atoms with E-state index >= 15 is 0 Å². The minimum atomic E-state index is -0.0916. The maximum Gasteiger partial charge on any atom is 0.306 e. The Kier molecular flexibility index (Phi) is 7.18. The first-order chi connectivity index (χ1) is 12.0. The minimum absolute atomic E-state index is 0.0797. The summed E-state index contributed by atoms with van der Waals surface area (Å²) in [5, 5.41) is 9.67. The van der Waals surface area contributed by atoms with Gasteiger partial charge in [-0.15, -0.1) is 0 Å². The first-order valence-electron chi connectivity index (χ1n) is 9.34. The molecule has 4 nitrogen and oxygen atoms in total. The summed E-state index contributed by atoms with van der Waals surface area (Å²) in [5.41, 5.74) is 2.05. The fraction of sp³-hybridized carbons (Fsp3) is 0.619. The molecule has 2 rings (SSSR count). The van der Waals surface area contributed by atoms with Crippen LogP contribution in [0.15, 0.2) is 24.3 Å². The molecule has 25 heavy (non-hydrogen) atoms. The lowest BCUT2D eigenvalue weighted by Crippen LogP contribution is -2.15. The first kappa shape index (κ1) is 19.6. The predicted molar refractivity (Wildman–Crippen MR) is 97.5 cm³/mol. The molecule has 1 aromatic rings. The van der Waals surface area contributed by atoms with E-state index in [0.29, 0.717) is 13.0 Å². The molecular formula is C21H30O4. The molecule has 1 saturated carbocycles. The third kappa shape index (κ3) is 6.28. The van der Waals surface area contributed by atoms with Gasteiger partial charge in [-0.05, 0) is 69.3 Å². The van der Waals surface area contributed by atoms with E-state index in [2.05, 4.69) is 0 Å². The summed E-state index contributed by atoms with van der Waals surface area (Å²) in [6.07, 6.45) is 6.46. The molecule has 4 heteroatoms. The molecule has 0 radical (unpaired) electrons. The molecule has 1 aliphatic rings. The lowest BCUT2D eigenvalue weighted by molar-refractivity contribution is -0.144. The lowest BCUT2D eigenvalue weighted by atomic mass is 9.88. The molecule has 0 heterocycles. The van der Waals surface area contributed by atoms with Gasteiger partial charge in [0.15, 0.2) is 5.78 Å². The van der Waals surface area contributed by atoms with E-state index in [1.807, 2.05) is 31.2 Å². The van der Waals surface area contributed by atoms with Crippen LogP contribution in [0.3, 0.4) is 0 Å². The average molecular weight is 346 g/mol. The van der Waals surface area contributed by atoms with Crippen LogP contribution in [-0.2, 0) is 16.0 Å². The minimum Gasteiger partial charge on any atom is -0.466 e. The van der Waals surface area contributed by atoms with Crippen molar-refractivity contribution in [2.45, 2.75) is 58.8 Å². The highest BCUT2D eigenvalue weighted by atomic mass is 16.5. The highest BCUT2D eigenvalue weighted by molar-refractivity contribution is 5.93. The number of hydrogen-bond donors (Lipinski definition) is 1. The Morgan fingerprint density at radius 1 is 1.20 bits per heavy atom. The third-order valence-corrected chi connectivity index (χ3v) is 5.32. The molecular weight excluding hydrogens is 316 g/mol. The van der Waals surface area contributed by atoms with Crippen molar-refractivity contribution in [2.75, 3.05) is 13.2 Å². The van der Waals surface area contributed by atoms with Gasteiger partial charge in [-0.25, -0.2) is 0 Å². The van der Waals surface area contributed by atoms with Gasteiger partial charge in [0.2, 0.25) is 0 Å². The predicted octanol–water partition coefficient (Wildman–Crippen LogP) is 3.94. The Bertz CT molecular complexity index is 572. The molecule has 1 atom stereocenters. The average Bonchev–Trinajstić information content (AvgIpc) is 3.35. The zero-order valence-corrected chi connectivity index (χ0v) is 15.4. The Balaban J connectivity index is 1.76. The molecule has 0 aliphatic heterocycles. The maximum atomic E-state index is 11.7. The number of esters is 1. The third-order valence-electron chi connectivity index (χ3n) is 5.32. The van der Waals surface area contributed by atoms with Crippen molar-refractivity contribution < 1.29 is 19.4 Å². The van der Waals surface area contributed by atoms with E-state index in [-0.39, 0.29) is 29.7 Å². The van der Waals surface area contributed by atoms with Crippen molar-refractivity contribution in [2.24, 2.45) is 11.3 Å². The second kappa shape index (κ2) is 9.14. The van der Waals surface area contributed by atoms with Crippen LogP contribution in [0.25, 0.3) is 0 Å². The van der Waals surface area contributed by atoms with Crippen molar-refractivity contribution >= 4 is 11.8 Å². The molecule has 0 bridgehead atoms. The smallest absolute Gasteiger partial charge is 0.306 e. The van der Waals surface area contributed by atoms with Gasteiger partial charge in [0, 0.05) is 12.2 Å². The van der Waals surface area contributed by atoms with Crippen LogP contribution >= 0.6 is 0 Å².